The van der Waals surface area contributed by atoms with Crippen LogP contribution >= 0.6 is 11.8 Å². The number of nitrogens with zero attached hydrogens (tertiary/aromatic N) is 5. The van der Waals surface area contributed by atoms with Gasteiger partial charge in [0.15, 0.2) is 0 Å². The highest BCUT2D eigenvalue weighted by atomic mass is 32.2. The molecule has 0 spiro atoms. The van der Waals surface area contributed by atoms with Gasteiger partial charge < -0.3 is 19.9 Å². The van der Waals surface area contributed by atoms with E-state index in [0.29, 0.717) is 18.0 Å². The Kier molecular flexibility index (Phi) is 6.69. The SMILES string of the molecule is CO[C@H]1CCN(c2cc3c(cn2)SC[C@H](NC(=O)c2n[nH]c(Cc4ccccc4)n2)C(=O)N3C)C1. The maximum Gasteiger partial charge on any atom is 0.291 e. The van der Waals surface area contributed by atoms with E-state index in [1.165, 1.54) is 11.8 Å². The molecule has 4 heterocycles. The van der Waals surface area contributed by atoms with Crippen LogP contribution in [0.4, 0.5) is 11.5 Å². The molecule has 2 amide bonds. The maximum atomic E-state index is 13.2. The summed E-state index contributed by atoms with van der Waals surface area (Å²) in [4.78, 5) is 39.7. The summed E-state index contributed by atoms with van der Waals surface area (Å²) in [6, 6.07) is 11.0. The summed E-state index contributed by atoms with van der Waals surface area (Å²) in [5.41, 5.74) is 1.84. The summed E-state index contributed by atoms with van der Waals surface area (Å²) < 4.78 is 5.46. The van der Waals surface area contributed by atoms with Gasteiger partial charge in [0.1, 0.15) is 17.7 Å². The number of pyridine rings is 1. The Morgan fingerprint density at radius 1 is 1.31 bits per heavy atom. The first-order chi connectivity index (χ1) is 17.0. The maximum absolute atomic E-state index is 13.2. The molecule has 2 aromatic heterocycles. The summed E-state index contributed by atoms with van der Waals surface area (Å²) in [5.74, 6) is 1.13. The fraction of sp³-hybridized carbons (Fsp3) is 0.375. The van der Waals surface area contributed by atoms with Gasteiger partial charge in [-0.1, -0.05) is 30.3 Å². The molecular weight excluding hydrogens is 466 g/mol. The van der Waals surface area contributed by atoms with E-state index in [1.54, 1.807) is 25.3 Å². The third-order valence-corrected chi connectivity index (χ3v) is 7.41. The van der Waals surface area contributed by atoms with Crippen LogP contribution in [0, 0.1) is 0 Å². The molecule has 3 aromatic rings. The zero-order chi connectivity index (χ0) is 24.4. The van der Waals surface area contributed by atoms with Gasteiger partial charge in [0, 0.05) is 56.6 Å². The van der Waals surface area contributed by atoms with E-state index in [-0.39, 0.29) is 17.8 Å². The van der Waals surface area contributed by atoms with E-state index in [9.17, 15) is 9.59 Å². The largest absolute Gasteiger partial charge is 0.380 e. The Balaban J connectivity index is 1.26. The molecule has 1 fully saturated rings. The van der Waals surface area contributed by atoms with E-state index in [2.05, 4.69) is 30.4 Å². The van der Waals surface area contributed by atoms with Gasteiger partial charge in [-0.05, 0) is 12.0 Å². The predicted molar refractivity (Wildman–Crippen MR) is 133 cm³/mol. The molecule has 182 valence electrons. The summed E-state index contributed by atoms with van der Waals surface area (Å²) in [6.07, 6.45) is 3.47. The van der Waals surface area contributed by atoms with Crippen LogP contribution in [0.5, 0.6) is 0 Å². The lowest BCUT2D eigenvalue weighted by Gasteiger charge is -2.23. The Hall–Kier alpha value is -3.44. The van der Waals surface area contributed by atoms with Crippen LogP contribution in [-0.4, -0.2) is 77.1 Å². The highest BCUT2D eigenvalue weighted by molar-refractivity contribution is 7.99. The average Bonchev–Trinajstić information content (AvgIpc) is 3.54. The van der Waals surface area contributed by atoms with Crippen molar-refractivity contribution in [3.05, 3.63) is 59.8 Å². The fourth-order valence-corrected chi connectivity index (χ4v) is 5.33. The number of hydrogen-bond donors (Lipinski definition) is 2. The fourth-order valence-electron chi connectivity index (χ4n) is 4.28. The van der Waals surface area contributed by atoms with Gasteiger partial charge in [0.2, 0.25) is 11.7 Å². The minimum atomic E-state index is -0.714. The van der Waals surface area contributed by atoms with Crippen molar-refractivity contribution in [1.82, 2.24) is 25.5 Å². The topological polar surface area (TPSA) is 116 Å². The van der Waals surface area contributed by atoms with Gasteiger partial charge in [-0.3, -0.25) is 14.7 Å². The van der Waals surface area contributed by atoms with Crippen molar-refractivity contribution in [3.8, 4) is 0 Å². The highest BCUT2D eigenvalue weighted by Crippen LogP contribution is 2.36. The molecule has 2 atom stereocenters. The molecule has 0 unspecified atom stereocenters. The zero-order valence-electron chi connectivity index (χ0n) is 19.6. The summed E-state index contributed by atoms with van der Waals surface area (Å²) in [6.45, 7) is 1.63. The number of aromatic amines is 1. The third kappa shape index (κ3) is 5.01. The van der Waals surface area contributed by atoms with Gasteiger partial charge in [-0.15, -0.1) is 16.9 Å². The molecular formula is C24H27N7O3S. The van der Waals surface area contributed by atoms with Gasteiger partial charge >= 0.3 is 0 Å². The number of rotatable bonds is 6. The van der Waals surface area contributed by atoms with E-state index in [0.717, 1.165) is 41.5 Å². The molecule has 1 aromatic carbocycles. The Morgan fingerprint density at radius 3 is 2.91 bits per heavy atom. The molecule has 35 heavy (non-hydrogen) atoms. The lowest BCUT2D eigenvalue weighted by Crippen LogP contribution is -2.48. The quantitative estimate of drug-likeness (QED) is 0.535. The summed E-state index contributed by atoms with van der Waals surface area (Å²) >= 11 is 1.49. The van der Waals surface area contributed by atoms with Crippen LogP contribution in [0.1, 0.15) is 28.4 Å². The highest BCUT2D eigenvalue weighted by Gasteiger charge is 2.32. The van der Waals surface area contributed by atoms with Crippen LogP contribution in [0.25, 0.3) is 0 Å². The number of fused-ring (bicyclic) bond motifs is 1. The van der Waals surface area contributed by atoms with E-state index >= 15 is 0 Å². The summed E-state index contributed by atoms with van der Waals surface area (Å²) in [5, 5.41) is 9.67. The number of carbonyl (C=O) groups excluding carboxylic acids is 2. The van der Waals surface area contributed by atoms with Crippen molar-refractivity contribution in [2.45, 2.75) is 29.9 Å². The third-order valence-electron chi connectivity index (χ3n) is 6.28. The smallest absolute Gasteiger partial charge is 0.291 e. The predicted octanol–water partition coefficient (Wildman–Crippen LogP) is 1.88. The van der Waals surface area contributed by atoms with Crippen molar-refractivity contribution in [1.29, 1.82) is 0 Å². The standard InChI is InChI=1S/C24H27N7O3S/c1-30-18-11-21(31-9-8-16(13-31)34-2)25-12-19(18)35-14-17(24(30)33)26-23(32)22-27-20(28-29-22)10-15-6-4-3-5-7-15/h3-7,11-12,16-17H,8-10,13-14H2,1-2H3,(H,26,32)(H,27,28,29)/t16-,17-/m0/s1. The molecule has 2 aliphatic heterocycles. The van der Waals surface area contributed by atoms with Crippen LogP contribution in [-0.2, 0) is 16.0 Å². The first-order valence-corrected chi connectivity index (χ1v) is 12.4. The number of aromatic nitrogens is 4. The number of anilines is 2. The number of amides is 2. The second-order valence-corrected chi connectivity index (χ2v) is 9.67. The first-order valence-electron chi connectivity index (χ1n) is 11.5. The second kappa shape index (κ2) is 10.0. The van der Waals surface area contributed by atoms with Gasteiger partial charge in [-0.2, -0.15) is 0 Å². The van der Waals surface area contributed by atoms with Crippen LogP contribution < -0.4 is 15.1 Å². The van der Waals surface area contributed by atoms with E-state index < -0.39 is 11.9 Å². The monoisotopic (exact) mass is 493 g/mol. The number of benzene rings is 1. The van der Waals surface area contributed by atoms with Crippen molar-refractivity contribution in [3.63, 3.8) is 0 Å². The molecule has 0 bridgehead atoms. The van der Waals surface area contributed by atoms with Crippen LogP contribution in [0.3, 0.4) is 0 Å². The molecule has 5 rings (SSSR count). The zero-order valence-corrected chi connectivity index (χ0v) is 20.4. The minimum Gasteiger partial charge on any atom is -0.380 e. The number of likely N-dealkylation sites (N-methyl/N-ethyl adjacent to an activating group) is 1. The molecule has 0 radical (unpaired) electrons. The first kappa shape index (κ1) is 23.3. The van der Waals surface area contributed by atoms with Crippen LogP contribution in [0.15, 0.2) is 47.5 Å². The molecule has 10 nitrogen and oxygen atoms in total. The molecule has 0 saturated carbocycles. The van der Waals surface area contributed by atoms with Gasteiger partial charge in [0.25, 0.3) is 5.91 Å². The number of thioether (sulfide) groups is 1. The number of methoxy groups -OCH3 is 1. The average molecular weight is 494 g/mol. The number of hydrogen-bond acceptors (Lipinski definition) is 8. The van der Waals surface area contributed by atoms with Crippen molar-refractivity contribution in [2.75, 3.05) is 42.8 Å². The molecule has 2 aliphatic rings. The van der Waals surface area contributed by atoms with E-state index in [4.69, 9.17) is 4.74 Å². The molecule has 2 N–H and O–H groups in total. The Bertz CT molecular complexity index is 1220. The molecule has 11 heteroatoms. The van der Waals surface area contributed by atoms with Gasteiger partial charge in [0.05, 0.1) is 11.8 Å². The van der Waals surface area contributed by atoms with Crippen molar-refractivity contribution in [2.24, 2.45) is 0 Å². The Morgan fingerprint density at radius 2 is 2.14 bits per heavy atom. The number of carbonyl (C=O) groups is 2. The second-order valence-electron chi connectivity index (χ2n) is 8.61. The lowest BCUT2D eigenvalue weighted by molar-refractivity contribution is -0.119. The summed E-state index contributed by atoms with van der Waals surface area (Å²) in [7, 11) is 3.45. The normalized spacial score (nSPS) is 20.0. The van der Waals surface area contributed by atoms with E-state index in [1.807, 2.05) is 36.4 Å². The number of nitrogens with one attached hydrogen (secondary N) is 2. The number of H-pyrrole nitrogens is 1. The van der Waals surface area contributed by atoms with Gasteiger partial charge in [-0.25, -0.2) is 9.97 Å². The molecule has 1 saturated heterocycles. The van der Waals surface area contributed by atoms with Crippen molar-refractivity contribution >= 4 is 35.1 Å². The lowest BCUT2D eigenvalue weighted by atomic mass is 10.1. The molecule has 0 aliphatic carbocycles. The van der Waals surface area contributed by atoms with Crippen LogP contribution in [0.2, 0.25) is 0 Å². The Labute approximate surface area is 207 Å². The van der Waals surface area contributed by atoms with Crippen molar-refractivity contribution < 1.29 is 14.3 Å². The minimum absolute atomic E-state index is 0.0174. The number of ether oxygens (including phenoxy) is 1.